The van der Waals surface area contributed by atoms with Crippen LogP contribution in [0.3, 0.4) is 0 Å². The third-order valence-electron chi connectivity index (χ3n) is 2.99. The number of rotatable bonds is 2. The molecule has 4 nitrogen and oxygen atoms in total. The summed E-state index contributed by atoms with van der Waals surface area (Å²) in [6.07, 6.45) is 0. The molecule has 0 spiro atoms. The van der Waals surface area contributed by atoms with Crippen molar-refractivity contribution in [1.29, 1.82) is 0 Å². The predicted molar refractivity (Wildman–Crippen MR) is 75.5 cm³/mol. The molecule has 0 saturated carbocycles. The highest BCUT2D eigenvalue weighted by Gasteiger charge is 2.11. The van der Waals surface area contributed by atoms with E-state index in [9.17, 15) is 4.79 Å². The van der Waals surface area contributed by atoms with Crippen LogP contribution < -0.4 is 10.4 Å². The van der Waals surface area contributed by atoms with Crippen LogP contribution in [0.15, 0.2) is 47.3 Å². The Labute approximate surface area is 114 Å². The lowest BCUT2D eigenvalue weighted by atomic mass is 10.2. The number of ether oxygens (including phenoxy) is 1. The Morgan fingerprint density at radius 1 is 1.16 bits per heavy atom. The number of halogens is 1. The van der Waals surface area contributed by atoms with Crippen LogP contribution in [0.25, 0.3) is 16.7 Å². The average molecular weight is 275 g/mol. The third kappa shape index (κ3) is 1.90. The predicted octanol–water partition coefficient (Wildman–Crippen LogP) is 2.98. The fraction of sp³-hybridized carbons (Fsp3) is 0.0714. The highest BCUT2D eigenvalue weighted by Crippen LogP contribution is 2.24. The van der Waals surface area contributed by atoms with Gasteiger partial charge in [-0.3, -0.25) is 4.57 Å². The molecule has 0 aliphatic carbocycles. The second-order valence-electron chi connectivity index (χ2n) is 4.10. The van der Waals surface area contributed by atoms with Gasteiger partial charge in [-0.2, -0.15) is 0 Å². The summed E-state index contributed by atoms with van der Waals surface area (Å²) in [5.41, 5.74) is 1.92. The van der Waals surface area contributed by atoms with Crippen molar-refractivity contribution in [3.8, 4) is 11.4 Å². The smallest absolute Gasteiger partial charge is 0.331 e. The normalized spacial score (nSPS) is 10.8. The number of H-pyrrole nitrogens is 1. The van der Waals surface area contributed by atoms with Gasteiger partial charge in [-0.25, -0.2) is 4.79 Å². The van der Waals surface area contributed by atoms with Crippen molar-refractivity contribution in [3.63, 3.8) is 0 Å². The first-order chi connectivity index (χ1) is 9.20. The molecule has 0 aliphatic rings. The second kappa shape index (κ2) is 4.48. The number of fused-ring (bicyclic) bond motifs is 1. The Bertz CT molecular complexity index is 787. The van der Waals surface area contributed by atoms with Crippen LogP contribution in [-0.2, 0) is 0 Å². The van der Waals surface area contributed by atoms with Crippen molar-refractivity contribution in [2.45, 2.75) is 0 Å². The van der Waals surface area contributed by atoms with Gasteiger partial charge in [-0.05, 0) is 36.4 Å². The Kier molecular flexibility index (Phi) is 2.80. The fourth-order valence-corrected chi connectivity index (χ4v) is 2.35. The molecule has 2 aromatic carbocycles. The van der Waals surface area contributed by atoms with Gasteiger partial charge in [0.25, 0.3) is 0 Å². The van der Waals surface area contributed by atoms with Gasteiger partial charge in [-0.15, -0.1) is 0 Å². The lowest BCUT2D eigenvalue weighted by Gasteiger charge is -2.05. The molecular formula is C14H11ClN2O2. The molecule has 1 aromatic heterocycles. The molecule has 1 heterocycles. The molecule has 0 saturated heterocycles. The van der Waals surface area contributed by atoms with Gasteiger partial charge in [0.1, 0.15) is 5.75 Å². The van der Waals surface area contributed by atoms with Crippen molar-refractivity contribution in [1.82, 2.24) is 9.55 Å². The number of aromatic nitrogens is 2. The van der Waals surface area contributed by atoms with Crippen LogP contribution >= 0.6 is 11.6 Å². The van der Waals surface area contributed by atoms with E-state index < -0.39 is 0 Å². The maximum atomic E-state index is 12.1. The average Bonchev–Trinajstić information content (AvgIpc) is 2.76. The lowest BCUT2D eigenvalue weighted by Crippen LogP contribution is -2.14. The molecule has 0 unspecified atom stereocenters. The number of hydrogen-bond donors (Lipinski definition) is 1. The molecule has 5 heteroatoms. The van der Waals surface area contributed by atoms with Crippen LogP contribution in [0.4, 0.5) is 0 Å². The number of imidazole rings is 1. The van der Waals surface area contributed by atoms with E-state index in [1.807, 2.05) is 18.2 Å². The first kappa shape index (κ1) is 11.9. The summed E-state index contributed by atoms with van der Waals surface area (Å²) in [7, 11) is 1.60. The Balaban J connectivity index is 2.29. The lowest BCUT2D eigenvalue weighted by molar-refractivity contribution is 0.414. The molecule has 0 radical (unpaired) electrons. The van der Waals surface area contributed by atoms with E-state index in [0.29, 0.717) is 16.1 Å². The van der Waals surface area contributed by atoms with Gasteiger partial charge in [0.05, 0.1) is 28.9 Å². The summed E-state index contributed by atoms with van der Waals surface area (Å²) in [4.78, 5) is 14.8. The second-order valence-corrected chi connectivity index (χ2v) is 4.51. The van der Waals surface area contributed by atoms with Gasteiger partial charge in [0.15, 0.2) is 0 Å². The first-order valence-corrected chi connectivity index (χ1v) is 6.12. The monoisotopic (exact) mass is 274 g/mol. The Morgan fingerprint density at radius 2 is 1.89 bits per heavy atom. The van der Waals surface area contributed by atoms with E-state index in [1.165, 1.54) is 0 Å². The number of hydrogen-bond acceptors (Lipinski definition) is 2. The van der Waals surface area contributed by atoms with Gasteiger partial charge >= 0.3 is 5.69 Å². The maximum absolute atomic E-state index is 12.1. The van der Waals surface area contributed by atoms with Crippen molar-refractivity contribution >= 4 is 22.6 Å². The van der Waals surface area contributed by atoms with Crippen LogP contribution in [0.1, 0.15) is 0 Å². The summed E-state index contributed by atoms with van der Waals surface area (Å²) in [5, 5.41) is 0.534. The molecule has 0 aliphatic heterocycles. The number of methoxy groups -OCH3 is 1. The number of aromatic amines is 1. The first-order valence-electron chi connectivity index (χ1n) is 5.74. The number of benzene rings is 2. The summed E-state index contributed by atoms with van der Waals surface area (Å²) in [6, 6.07) is 12.6. The summed E-state index contributed by atoms with van der Waals surface area (Å²) < 4.78 is 6.66. The molecule has 0 amide bonds. The minimum atomic E-state index is -0.215. The molecule has 3 aromatic rings. The SMILES string of the molecule is COc1ccc(-n2c(=O)[nH]c3cccc(Cl)c32)cc1. The van der Waals surface area contributed by atoms with Crippen molar-refractivity contribution in [3.05, 3.63) is 58.0 Å². The van der Waals surface area contributed by atoms with Crippen LogP contribution in [0.5, 0.6) is 5.75 Å². The summed E-state index contributed by atoms with van der Waals surface area (Å²) >= 11 is 6.18. The molecular weight excluding hydrogens is 264 g/mol. The Hall–Kier alpha value is -2.20. The highest BCUT2D eigenvalue weighted by molar-refractivity contribution is 6.35. The molecule has 19 heavy (non-hydrogen) atoms. The third-order valence-corrected chi connectivity index (χ3v) is 3.29. The standard InChI is InChI=1S/C14H11ClN2O2/c1-19-10-7-5-9(6-8-10)17-13-11(15)3-2-4-12(13)16-14(17)18/h2-8H,1H3,(H,16,18). The van der Waals surface area contributed by atoms with E-state index in [2.05, 4.69) is 4.98 Å². The van der Waals surface area contributed by atoms with Crippen molar-refractivity contribution < 1.29 is 4.74 Å². The number of nitrogens with one attached hydrogen (secondary N) is 1. The maximum Gasteiger partial charge on any atom is 0.331 e. The highest BCUT2D eigenvalue weighted by atomic mass is 35.5. The number of para-hydroxylation sites is 1. The zero-order chi connectivity index (χ0) is 13.4. The molecule has 0 fully saturated rings. The molecule has 3 rings (SSSR count). The van der Waals surface area contributed by atoms with Crippen molar-refractivity contribution in [2.24, 2.45) is 0 Å². The zero-order valence-electron chi connectivity index (χ0n) is 10.2. The van der Waals surface area contributed by atoms with E-state index in [4.69, 9.17) is 16.3 Å². The molecule has 1 N–H and O–H groups in total. The van der Waals surface area contributed by atoms with Gasteiger partial charge < -0.3 is 9.72 Å². The summed E-state index contributed by atoms with van der Waals surface area (Å²) in [6.45, 7) is 0. The van der Waals surface area contributed by atoms with E-state index in [1.54, 1.807) is 35.9 Å². The number of nitrogens with zero attached hydrogens (tertiary/aromatic N) is 1. The van der Waals surface area contributed by atoms with E-state index in [-0.39, 0.29) is 5.69 Å². The van der Waals surface area contributed by atoms with E-state index >= 15 is 0 Å². The quantitative estimate of drug-likeness (QED) is 0.781. The minimum Gasteiger partial charge on any atom is -0.497 e. The zero-order valence-corrected chi connectivity index (χ0v) is 10.9. The topological polar surface area (TPSA) is 47.0 Å². The molecule has 0 atom stereocenters. The largest absolute Gasteiger partial charge is 0.497 e. The van der Waals surface area contributed by atoms with Crippen LogP contribution in [0.2, 0.25) is 5.02 Å². The van der Waals surface area contributed by atoms with Crippen molar-refractivity contribution in [2.75, 3.05) is 7.11 Å². The Morgan fingerprint density at radius 3 is 2.58 bits per heavy atom. The summed E-state index contributed by atoms with van der Waals surface area (Å²) in [5.74, 6) is 0.739. The molecule has 96 valence electrons. The van der Waals surface area contributed by atoms with Gasteiger partial charge in [0, 0.05) is 0 Å². The molecule has 0 bridgehead atoms. The van der Waals surface area contributed by atoms with Crippen LogP contribution in [0, 0.1) is 0 Å². The fourth-order valence-electron chi connectivity index (χ4n) is 2.09. The minimum absolute atomic E-state index is 0.215. The van der Waals surface area contributed by atoms with Gasteiger partial charge in [-0.1, -0.05) is 17.7 Å². The van der Waals surface area contributed by atoms with E-state index in [0.717, 1.165) is 11.4 Å². The van der Waals surface area contributed by atoms with Crippen LogP contribution in [-0.4, -0.2) is 16.7 Å². The van der Waals surface area contributed by atoms with Gasteiger partial charge in [0.2, 0.25) is 0 Å².